The minimum Gasteiger partial charge on any atom is -0.485 e. The predicted molar refractivity (Wildman–Crippen MR) is 111 cm³/mol. The maximum absolute atomic E-state index is 12.2. The van der Waals surface area contributed by atoms with Crippen LogP contribution in [0.4, 0.5) is 5.82 Å². The van der Waals surface area contributed by atoms with Crippen molar-refractivity contribution in [1.29, 1.82) is 0 Å². The number of hydrogen-bond donors (Lipinski definition) is 0. The van der Waals surface area contributed by atoms with Gasteiger partial charge in [-0.25, -0.2) is 17.7 Å². The van der Waals surface area contributed by atoms with Crippen LogP contribution in [0.1, 0.15) is 18.2 Å². The van der Waals surface area contributed by atoms with E-state index in [-0.39, 0.29) is 4.90 Å². The molecular weight excluding hydrogens is 376 g/mol. The quantitative estimate of drug-likeness (QED) is 0.608. The Morgan fingerprint density at radius 2 is 1.79 bits per heavy atom. The van der Waals surface area contributed by atoms with Crippen LogP contribution in [0.3, 0.4) is 0 Å². The maximum Gasteiger partial charge on any atom is 0.242 e. The summed E-state index contributed by atoms with van der Waals surface area (Å²) in [7, 11) is 1.64. The number of sulfonamides is 1. The Morgan fingerprint density at radius 3 is 2.39 bits per heavy atom. The topological polar surface area (TPSA) is 67.2 Å². The number of fused-ring (bicyclic) bond motifs is 1. The molecule has 3 rings (SSSR count). The van der Waals surface area contributed by atoms with Crippen LogP contribution in [-0.4, -0.2) is 49.8 Å². The van der Waals surface area contributed by atoms with E-state index in [4.69, 9.17) is 4.74 Å². The molecule has 150 valence electrons. The van der Waals surface area contributed by atoms with Crippen LogP contribution in [-0.2, 0) is 16.6 Å². The molecule has 0 atom stereocenters. The molecule has 3 aromatic rings. The van der Waals surface area contributed by atoms with Crippen molar-refractivity contribution in [2.24, 2.45) is 0 Å². The zero-order valence-electron chi connectivity index (χ0n) is 16.9. The summed E-state index contributed by atoms with van der Waals surface area (Å²) in [6.45, 7) is 5.29. The predicted octanol–water partition coefficient (Wildman–Crippen LogP) is 2.93. The van der Waals surface area contributed by atoms with Crippen LogP contribution in [0.15, 0.2) is 47.5 Å². The second kappa shape index (κ2) is 7.81. The molecule has 2 heterocycles. The number of pyridine rings is 1. The van der Waals surface area contributed by atoms with Gasteiger partial charge in [-0.1, -0.05) is 12.1 Å². The van der Waals surface area contributed by atoms with Crippen molar-refractivity contribution in [2.75, 3.05) is 32.6 Å². The first kappa shape index (κ1) is 20.2. The molecule has 0 amide bonds. The lowest BCUT2D eigenvalue weighted by Crippen LogP contribution is -2.22. The molecule has 0 aliphatic carbocycles. The Kier molecular flexibility index (Phi) is 5.62. The van der Waals surface area contributed by atoms with Gasteiger partial charge >= 0.3 is 0 Å². The first-order chi connectivity index (χ1) is 13.3. The van der Waals surface area contributed by atoms with Gasteiger partial charge in [0, 0.05) is 33.9 Å². The van der Waals surface area contributed by atoms with Gasteiger partial charge in [-0.05, 0) is 43.7 Å². The standard InChI is InChI=1S/C20H26N4O3S/c1-6-23(5)20-15(2)21-19-18(8-7-13-24(19)20)27-14-16-9-11-17(12-10-16)28(25,26)22(3)4/h7-13H,6,14H2,1-5H3. The molecule has 0 bridgehead atoms. The van der Waals surface area contributed by atoms with Crippen molar-refractivity contribution in [2.45, 2.75) is 25.3 Å². The molecule has 0 spiro atoms. The summed E-state index contributed by atoms with van der Waals surface area (Å²) in [6.07, 6.45) is 1.98. The average Bonchev–Trinajstić information content (AvgIpc) is 3.02. The molecule has 1 aromatic carbocycles. The van der Waals surface area contributed by atoms with Gasteiger partial charge in [0.2, 0.25) is 10.0 Å². The third-order valence-corrected chi connectivity index (χ3v) is 6.52. The largest absolute Gasteiger partial charge is 0.485 e. The summed E-state index contributed by atoms with van der Waals surface area (Å²) < 4.78 is 33.6. The van der Waals surface area contributed by atoms with Crippen molar-refractivity contribution in [3.05, 3.63) is 53.9 Å². The minimum absolute atomic E-state index is 0.263. The van der Waals surface area contributed by atoms with Gasteiger partial charge in [-0.2, -0.15) is 0 Å². The number of nitrogens with zero attached hydrogens (tertiary/aromatic N) is 4. The van der Waals surface area contributed by atoms with Crippen molar-refractivity contribution in [1.82, 2.24) is 13.7 Å². The SMILES string of the molecule is CCN(C)c1c(C)nc2c(OCc3ccc(S(=O)(=O)N(C)C)cc3)cccn12. The lowest BCUT2D eigenvalue weighted by atomic mass is 10.2. The van der Waals surface area contributed by atoms with Crippen LogP contribution in [0, 0.1) is 6.92 Å². The average molecular weight is 403 g/mol. The van der Waals surface area contributed by atoms with Crippen LogP contribution in [0.25, 0.3) is 5.65 Å². The molecule has 0 fully saturated rings. The van der Waals surface area contributed by atoms with E-state index in [0.29, 0.717) is 12.4 Å². The smallest absolute Gasteiger partial charge is 0.242 e. The Hall–Kier alpha value is -2.58. The molecule has 0 unspecified atom stereocenters. The lowest BCUT2D eigenvalue weighted by molar-refractivity contribution is 0.308. The Bertz CT molecular complexity index is 1070. The van der Waals surface area contributed by atoms with E-state index in [9.17, 15) is 8.42 Å². The second-order valence-electron chi connectivity index (χ2n) is 6.82. The van der Waals surface area contributed by atoms with Gasteiger partial charge in [0.1, 0.15) is 12.4 Å². The van der Waals surface area contributed by atoms with Gasteiger partial charge in [0.15, 0.2) is 11.4 Å². The number of aromatic nitrogens is 2. The number of benzene rings is 1. The van der Waals surface area contributed by atoms with Crippen LogP contribution < -0.4 is 9.64 Å². The number of rotatable bonds is 7. The number of hydrogen-bond acceptors (Lipinski definition) is 5. The zero-order valence-corrected chi connectivity index (χ0v) is 17.7. The van der Waals surface area contributed by atoms with E-state index in [1.807, 2.05) is 36.7 Å². The summed E-state index contributed by atoms with van der Waals surface area (Å²) in [6, 6.07) is 10.6. The monoisotopic (exact) mass is 402 g/mol. The van der Waals surface area contributed by atoms with E-state index in [2.05, 4.69) is 16.8 Å². The highest BCUT2D eigenvalue weighted by atomic mass is 32.2. The molecule has 2 aromatic heterocycles. The van der Waals surface area contributed by atoms with Crippen molar-refractivity contribution < 1.29 is 13.2 Å². The first-order valence-corrected chi connectivity index (χ1v) is 10.5. The molecule has 7 nitrogen and oxygen atoms in total. The molecule has 0 saturated carbocycles. The van der Waals surface area contributed by atoms with E-state index >= 15 is 0 Å². The molecular formula is C20H26N4O3S. The maximum atomic E-state index is 12.2. The van der Waals surface area contributed by atoms with E-state index in [1.54, 1.807) is 24.3 Å². The third-order valence-electron chi connectivity index (χ3n) is 4.69. The van der Waals surface area contributed by atoms with Crippen LogP contribution in [0.5, 0.6) is 5.75 Å². The summed E-state index contributed by atoms with van der Waals surface area (Å²) in [5.41, 5.74) is 2.59. The summed E-state index contributed by atoms with van der Waals surface area (Å²) in [5, 5.41) is 0. The van der Waals surface area contributed by atoms with Crippen LogP contribution >= 0.6 is 0 Å². The summed E-state index contributed by atoms with van der Waals surface area (Å²) in [5.74, 6) is 1.73. The molecule has 0 N–H and O–H groups in total. The van der Waals surface area contributed by atoms with Crippen molar-refractivity contribution in [3.63, 3.8) is 0 Å². The fourth-order valence-electron chi connectivity index (χ4n) is 3.00. The highest BCUT2D eigenvalue weighted by Gasteiger charge is 2.17. The molecule has 0 aliphatic rings. The summed E-state index contributed by atoms with van der Waals surface area (Å²) >= 11 is 0. The molecule has 0 radical (unpaired) electrons. The Labute approximate surface area is 166 Å². The van der Waals surface area contributed by atoms with E-state index < -0.39 is 10.0 Å². The Morgan fingerprint density at radius 1 is 1.11 bits per heavy atom. The lowest BCUT2D eigenvalue weighted by Gasteiger charge is -2.17. The van der Waals surface area contributed by atoms with Crippen molar-refractivity contribution in [3.8, 4) is 5.75 Å². The fourth-order valence-corrected chi connectivity index (χ4v) is 3.90. The Balaban J connectivity index is 1.83. The van der Waals surface area contributed by atoms with Gasteiger partial charge in [-0.3, -0.25) is 4.40 Å². The first-order valence-electron chi connectivity index (χ1n) is 9.08. The number of aryl methyl sites for hydroxylation is 1. The number of anilines is 1. The van der Waals surface area contributed by atoms with E-state index in [0.717, 1.165) is 29.3 Å². The fraction of sp³-hybridized carbons (Fsp3) is 0.350. The van der Waals surface area contributed by atoms with E-state index in [1.165, 1.54) is 18.4 Å². The minimum atomic E-state index is -3.43. The second-order valence-corrected chi connectivity index (χ2v) is 8.97. The molecule has 0 aliphatic heterocycles. The van der Waals surface area contributed by atoms with Crippen LogP contribution in [0.2, 0.25) is 0 Å². The van der Waals surface area contributed by atoms with Gasteiger partial charge < -0.3 is 9.64 Å². The summed E-state index contributed by atoms with van der Waals surface area (Å²) in [4.78, 5) is 7.08. The third kappa shape index (κ3) is 3.70. The van der Waals surface area contributed by atoms with Gasteiger partial charge in [-0.15, -0.1) is 0 Å². The molecule has 28 heavy (non-hydrogen) atoms. The molecule has 0 saturated heterocycles. The zero-order chi connectivity index (χ0) is 20.5. The number of ether oxygens (including phenoxy) is 1. The molecule has 8 heteroatoms. The van der Waals surface area contributed by atoms with Gasteiger partial charge in [0.05, 0.1) is 10.6 Å². The normalized spacial score (nSPS) is 11.9. The highest BCUT2D eigenvalue weighted by Crippen LogP contribution is 2.27. The highest BCUT2D eigenvalue weighted by molar-refractivity contribution is 7.89. The van der Waals surface area contributed by atoms with Gasteiger partial charge in [0.25, 0.3) is 0 Å². The number of imidazole rings is 1. The van der Waals surface area contributed by atoms with Crippen molar-refractivity contribution >= 4 is 21.5 Å².